The second-order valence-electron chi connectivity index (χ2n) is 4.08. The van der Waals surface area contributed by atoms with Crippen LogP contribution < -0.4 is 5.32 Å². The summed E-state index contributed by atoms with van der Waals surface area (Å²) in [6, 6.07) is 6.59. The summed E-state index contributed by atoms with van der Waals surface area (Å²) in [5, 5.41) is 12.8. The van der Waals surface area contributed by atoms with Crippen LogP contribution in [0.15, 0.2) is 24.3 Å². The SMILES string of the molecule is O[C@@H]1CCCC[C@H]1Nc1ccccc1F. The zero-order chi connectivity index (χ0) is 10.7. The molecule has 2 N–H and O–H groups in total. The molecule has 0 aliphatic heterocycles. The summed E-state index contributed by atoms with van der Waals surface area (Å²) in [4.78, 5) is 0. The zero-order valence-electron chi connectivity index (χ0n) is 8.62. The fourth-order valence-electron chi connectivity index (χ4n) is 2.06. The first-order valence-electron chi connectivity index (χ1n) is 5.46. The lowest BCUT2D eigenvalue weighted by atomic mass is 9.92. The molecule has 3 heteroatoms. The molecule has 2 atom stereocenters. The summed E-state index contributed by atoms with van der Waals surface area (Å²) in [7, 11) is 0. The van der Waals surface area contributed by atoms with Crippen molar-refractivity contribution in [3.63, 3.8) is 0 Å². The van der Waals surface area contributed by atoms with Crippen molar-refractivity contribution >= 4 is 5.69 Å². The predicted octanol–water partition coefficient (Wildman–Crippen LogP) is 2.54. The van der Waals surface area contributed by atoms with Crippen molar-refractivity contribution in [3.8, 4) is 0 Å². The largest absolute Gasteiger partial charge is 0.391 e. The van der Waals surface area contributed by atoms with E-state index < -0.39 is 0 Å². The number of benzene rings is 1. The smallest absolute Gasteiger partial charge is 0.146 e. The second kappa shape index (κ2) is 4.62. The first-order chi connectivity index (χ1) is 7.27. The normalized spacial score (nSPS) is 26.3. The summed E-state index contributed by atoms with van der Waals surface area (Å²) >= 11 is 0. The molecule has 0 amide bonds. The molecule has 1 aromatic rings. The van der Waals surface area contributed by atoms with E-state index in [-0.39, 0.29) is 18.0 Å². The minimum Gasteiger partial charge on any atom is -0.391 e. The molecule has 0 spiro atoms. The van der Waals surface area contributed by atoms with Gasteiger partial charge in [-0.1, -0.05) is 25.0 Å². The summed E-state index contributed by atoms with van der Waals surface area (Å²) in [5.74, 6) is -0.254. The molecule has 15 heavy (non-hydrogen) atoms. The second-order valence-corrected chi connectivity index (χ2v) is 4.08. The van der Waals surface area contributed by atoms with Crippen LogP contribution in [0.5, 0.6) is 0 Å². The molecule has 1 aliphatic rings. The van der Waals surface area contributed by atoms with Crippen LogP contribution in [0.2, 0.25) is 0 Å². The van der Waals surface area contributed by atoms with Gasteiger partial charge in [-0.25, -0.2) is 4.39 Å². The quantitative estimate of drug-likeness (QED) is 0.784. The number of nitrogens with one attached hydrogen (secondary N) is 1. The lowest BCUT2D eigenvalue weighted by molar-refractivity contribution is 0.116. The lowest BCUT2D eigenvalue weighted by Gasteiger charge is -2.29. The van der Waals surface area contributed by atoms with E-state index in [4.69, 9.17) is 0 Å². The molecule has 0 bridgehead atoms. The highest BCUT2D eigenvalue weighted by molar-refractivity contribution is 5.45. The summed E-state index contributed by atoms with van der Waals surface area (Å²) in [5.41, 5.74) is 0.489. The van der Waals surface area contributed by atoms with Gasteiger partial charge in [0.2, 0.25) is 0 Å². The fraction of sp³-hybridized carbons (Fsp3) is 0.500. The van der Waals surface area contributed by atoms with E-state index in [9.17, 15) is 9.50 Å². The number of para-hydroxylation sites is 1. The molecule has 0 aromatic heterocycles. The highest BCUT2D eigenvalue weighted by Gasteiger charge is 2.23. The summed E-state index contributed by atoms with van der Waals surface area (Å²) < 4.78 is 13.3. The third-order valence-corrected chi connectivity index (χ3v) is 2.94. The predicted molar refractivity (Wildman–Crippen MR) is 58.3 cm³/mol. The molecule has 1 fully saturated rings. The van der Waals surface area contributed by atoms with Gasteiger partial charge in [0, 0.05) is 0 Å². The van der Waals surface area contributed by atoms with Gasteiger partial charge in [0.1, 0.15) is 5.82 Å². The van der Waals surface area contributed by atoms with Crippen LogP contribution in [0.4, 0.5) is 10.1 Å². The Balaban J connectivity index is 2.04. The lowest BCUT2D eigenvalue weighted by Crippen LogP contribution is -2.36. The molecule has 0 saturated heterocycles. The highest BCUT2D eigenvalue weighted by Crippen LogP contribution is 2.23. The van der Waals surface area contributed by atoms with E-state index in [1.54, 1.807) is 18.2 Å². The Morgan fingerprint density at radius 1 is 1.20 bits per heavy atom. The van der Waals surface area contributed by atoms with E-state index in [2.05, 4.69) is 5.32 Å². The Morgan fingerprint density at radius 3 is 2.67 bits per heavy atom. The molecule has 1 aliphatic carbocycles. The first kappa shape index (κ1) is 10.4. The van der Waals surface area contributed by atoms with Gasteiger partial charge in [-0.05, 0) is 25.0 Å². The van der Waals surface area contributed by atoms with Crippen molar-refractivity contribution in [2.75, 3.05) is 5.32 Å². The highest BCUT2D eigenvalue weighted by atomic mass is 19.1. The molecule has 1 saturated carbocycles. The maximum absolute atomic E-state index is 13.3. The number of anilines is 1. The van der Waals surface area contributed by atoms with Gasteiger partial charge >= 0.3 is 0 Å². The molecule has 1 aromatic carbocycles. The Kier molecular flexibility index (Phi) is 3.21. The Hall–Kier alpha value is -1.09. The van der Waals surface area contributed by atoms with Crippen molar-refractivity contribution in [1.29, 1.82) is 0 Å². The third kappa shape index (κ3) is 2.48. The third-order valence-electron chi connectivity index (χ3n) is 2.94. The number of halogens is 1. The van der Waals surface area contributed by atoms with E-state index in [0.717, 1.165) is 25.7 Å². The first-order valence-corrected chi connectivity index (χ1v) is 5.46. The molecule has 0 heterocycles. The number of aliphatic hydroxyl groups is 1. The van der Waals surface area contributed by atoms with Gasteiger partial charge in [-0.15, -0.1) is 0 Å². The van der Waals surface area contributed by atoms with E-state index in [1.165, 1.54) is 6.07 Å². The molecule has 2 rings (SSSR count). The average molecular weight is 209 g/mol. The van der Waals surface area contributed by atoms with Crippen LogP contribution in [0.1, 0.15) is 25.7 Å². The molecular formula is C12H16FNO. The van der Waals surface area contributed by atoms with Crippen LogP contribution in [-0.2, 0) is 0 Å². The Morgan fingerprint density at radius 2 is 1.93 bits per heavy atom. The molecule has 2 nitrogen and oxygen atoms in total. The standard InChI is InChI=1S/C12H16FNO/c13-9-5-1-2-6-10(9)14-11-7-3-4-8-12(11)15/h1-2,5-6,11-12,14-15H,3-4,7-8H2/t11-,12-/m1/s1. The van der Waals surface area contributed by atoms with Crippen LogP contribution >= 0.6 is 0 Å². The van der Waals surface area contributed by atoms with Crippen LogP contribution in [0.25, 0.3) is 0 Å². The number of rotatable bonds is 2. The van der Waals surface area contributed by atoms with Crippen molar-refractivity contribution in [2.45, 2.75) is 37.8 Å². The van der Waals surface area contributed by atoms with Gasteiger partial charge in [-0.2, -0.15) is 0 Å². The van der Waals surface area contributed by atoms with Crippen molar-refractivity contribution in [2.24, 2.45) is 0 Å². The molecule has 0 radical (unpaired) electrons. The van der Waals surface area contributed by atoms with Crippen molar-refractivity contribution < 1.29 is 9.50 Å². The Bertz CT molecular complexity index is 329. The monoisotopic (exact) mass is 209 g/mol. The van der Waals surface area contributed by atoms with Gasteiger partial charge in [0.05, 0.1) is 17.8 Å². The average Bonchev–Trinajstić information content (AvgIpc) is 2.24. The zero-order valence-corrected chi connectivity index (χ0v) is 8.62. The minimum absolute atomic E-state index is 0.00403. The molecule has 82 valence electrons. The van der Waals surface area contributed by atoms with E-state index in [0.29, 0.717) is 5.69 Å². The maximum Gasteiger partial charge on any atom is 0.146 e. The van der Waals surface area contributed by atoms with E-state index >= 15 is 0 Å². The van der Waals surface area contributed by atoms with Crippen LogP contribution in [0.3, 0.4) is 0 Å². The van der Waals surface area contributed by atoms with Gasteiger partial charge in [0.15, 0.2) is 0 Å². The maximum atomic E-state index is 13.3. The topological polar surface area (TPSA) is 32.3 Å². The van der Waals surface area contributed by atoms with Crippen molar-refractivity contribution in [3.05, 3.63) is 30.1 Å². The molecular weight excluding hydrogens is 193 g/mol. The van der Waals surface area contributed by atoms with E-state index in [1.807, 2.05) is 0 Å². The number of hydrogen-bond acceptors (Lipinski definition) is 2. The number of hydrogen-bond donors (Lipinski definition) is 2. The minimum atomic E-state index is -0.349. The summed E-state index contributed by atoms with van der Waals surface area (Å²) in [6.45, 7) is 0. The Labute approximate surface area is 89.1 Å². The van der Waals surface area contributed by atoms with Crippen LogP contribution in [0, 0.1) is 5.82 Å². The number of aliphatic hydroxyl groups excluding tert-OH is 1. The van der Waals surface area contributed by atoms with Gasteiger partial charge in [-0.3, -0.25) is 0 Å². The van der Waals surface area contributed by atoms with Gasteiger partial charge < -0.3 is 10.4 Å². The molecule has 0 unspecified atom stereocenters. The van der Waals surface area contributed by atoms with Crippen molar-refractivity contribution in [1.82, 2.24) is 0 Å². The van der Waals surface area contributed by atoms with Crippen LogP contribution in [-0.4, -0.2) is 17.3 Å². The van der Waals surface area contributed by atoms with Gasteiger partial charge in [0.25, 0.3) is 0 Å². The summed E-state index contributed by atoms with van der Waals surface area (Å²) in [6.07, 6.45) is 3.54. The fourth-order valence-corrected chi connectivity index (χ4v) is 2.06.